The van der Waals surface area contributed by atoms with E-state index in [4.69, 9.17) is 4.74 Å². The van der Waals surface area contributed by atoms with Crippen LogP contribution in [0.1, 0.15) is 22.1 Å². The van der Waals surface area contributed by atoms with Crippen LogP contribution in [0.5, 0.6) is 5.75 Å². The van der Waals surface area contributed by atoms with Crippen molar-refractivity contribution < 1.29 is 9.53 Å². The minimum absolute atomic E-state index is 0.0858. The zero-order valence-electron chi connectivity index (χ0n) is 10.4. The topological polar surface area (TPSA) is 43.3 Å². The highest BCUT2D eigenvalue weighted by Crippen LogP contribution is 2.31. The van der Waals surface area contributed by atoms with E-state index in [1.807, 2.05) is 37.5 Å². The quantitative estimate of drug-likeness (QED) is 0.924. The van der Waals surface area contributed by atoms with Gasteiger partial charge in [-0.15, -0.1) is 0 Å². The summed E-state index contributed by atoms with van der Waals surface area (Å²) in [5, 5.41) is 3.00. The first-order valence-corrected chi connectivity index (χ1v) is 6.79. The monoisotopic (exact) mass is 320 g/mol. The molecule has 0 spiro atoms. The first-order valence-electron chi connectivity index (χ1n) is 5.99. The average molecular weight is 321 g/mol. The van der Waals surface area contributed by atoms with Gasteiger partial charge in [0.1, 0.15) is 18.1 Å². The predicted molar refractivity (Wildman–Crippen MR) is 75.3 cm³/mol. The molecule has 0 radical (unpaired) electrons. The van der Waals surface area contributed by atoms with Gasteiger partial charge in [-0.2, -0.15) is 0 Å². The second-order valence-corrected chi connectivity index (χ2v) is 5.45. The minimum atomic E-state index is -0.0986. The third-order valence-corrected chi connectivity index (χ3v) is 3.64. The number of carbonyl (C=O) groups is 1. The van der Waals surface area contributed by atoms with Crippen molar-refractivity contribution in [1.82, 2.24) is 9.88 Å². The van der Waals surface area contributed by atoms with Gasteiger partial charge in [0.05, 0.1) is 6.04 Å². The maximum atomic E-state index is 12.2. The Bertz CT molecular complexity index is 636. The summed E-state index contributed by atoms with van der Waals surface area (Å²) in [5.74, 6) is 0.749. The Morgan fingerprint density at radius 1 is 1.47 bits per heavy atom. The number of halogens is 1. The molecule has 0 saturated heterocycles. The van der Waals surface area contributed by atoms with Crippen molar-refractivity contribution in [3.8, 4) is 5.75 Å². The van der Waals surface area contributed by atoms with Crippen molar-refractivity contribution in [2.24, 2.45) is 7.05 Å². The second-order valence-electron chi connectivity index (χ2n) is 4.53. The van der Waals surface area contributed by atoms with E-state index in [1.165, 1.54) is 0 Å². The van der Waals surface area contributed by atoms with Crippen LogP contribution in [0, 0.1) is 0 Å². The number of para-hydroxylation sites is 1. The number of nitrogens with one attached hydrogen (secondary N) is 1. The summed E-state index contributed by atoms with van der Waals surface area (Å²) in [7, 11) is 1.85. The first kappa shape index (κ1) is 12.3. The molecule has 19 heavy (non-hydrogen) atoms. The summed E-state index contributed by atoms with van der Waals surface area (Å²) >= 11 is 3.36. The van der Waals surface area contributed by atoms with Gasteiger partial charge in [-0.25, -0.2) is 0 Å². The first-order chi connectivity index (χ1) is 9.15. The van der Waals surface area contributed by atoms with Crippen molar-refractivity contribution >= 4 is 21.8 Å². The number of nitrogens with zero attached hydrogens (tertiary/aromatic N) is 1. The van der Waals surface area contributed by atoms with Crippen LogP contribution < -0.4 is 10.1 Å². The van der Waals surface area contributed by atoms with Gasteiger partial charge in [0, 0.05) is 23.3 Å². The lowest BCUT2D eigenvalue weighted by Gasteiger charge is -2.12. The number of hydrogen-bond acceptors (Lipinski definition) is 2. The van der Waals surface area contributed by atoms with Crippen molar-refractivity contribution in [2.45, 2.75) is 6.04 Å². The SMILES string of the molecule is Cn1cc(Br)cc1C(=O)NC1COc2ccccc21. The lowest BCUT2D eigenvalue weighted by Crippen LogP contribution is -2.30. The Hall–Kier alpha value is -1.75. The molecule has 4 nitrogen and oxygen atoms in total. The number of amides is 1. The Labute approximate surface area is 119 Å². The molecule has 1 aromatic carbocycles. The average Bonchev–Trinajstić information content (AvgIpc) is 2.94. The van der Waals surface area contributed by atoms with Crippen LogP contribution in [0.3, 0.4) is 0 Å². The Morgan fingerprint density at radius 2 is 2.26 bits per heavy atom. The molecule has 1 amide bonds. The van der Waals surface area contributed by atoms with Crippen molar-refractivity contribution in [2.75, 3.05) is 6.61 Å². The molecule has 98 valence electrons. The largest absolute Gasteiger partial charge is 0.491 e. The van der Waals surface area contributed by atoms with Crippen LogP contribution in [-0.2, 0) is 7.05 Å². The Balaban J connectivity index is 1.80. The predicted octanol–water partition coefficient (Wildman–Crippen LogP) is 2.65. The van der Waals surface area contributed by atoms with Crippen molar-refractivity contribution in [3.05, 3.63) is 52.3 Å². The van der Waals surface area contributed by atoms with Crippen LogP contribution in [0.4, 0.5) is 0 Å². The van der Waals surface area contributed by atoms with Gasteiger partial charge >= 0.3 is 0 Å². The molecule has 2 aromatic rings. The molecule has 1 aromatic heterocycles. The number of benzene rings is 1. The van der Waals surface area contributed by atoms with E-state index in [-0.39, 0.29) is 11.9 Å². The van der Waals surface area contributed by atoms with Crippen LogP contribution in [0.15, 0.2) is 41.0 Å². The molecule has 5 heteroatoms. The van der Waals surface area contributed by atoms with Gasteiger partial charge in [0.25, 0.3) is 5.91 Å². The van der Waals surface area contributed by atoms with Gasteiger partial charge in [-0.3, -0.25) is 4.79 Å². The molecule has 1 unspecified atom stereocenters. The summed E-state index contributed by atoms with van der Waals surface area (Å²) in [5.41, 5.74) is 1.65. The van der Waals surface area contributed by atoms with E-state index in [9.17, 15) is 4.79 Å². The van der Waals surface area contributed by atoms with E-state index in [2.05, 4.69) is 21.2 Å². The zero-order valence-corrected chi connectivity index (χ0v) is 12.0. The normalized spacial score (nSPS) is 16.8. The number of aromatic nitrogens is 1. The molecule has 3 rings (SSSR count). The van der Waals surface area contributed by atoms with E-state index >= 15 is 0 Å². The fourth-order valence-corrected chi connectivity index (χ4v) is 2.79. The number of hydrogen-bond donors (Lipinski definition) is 1. The second kappa shape index (κ2) is 4.74. The van der Waals surface area contributed by atoms with Gasteiger partial charge < -0.3 is 14.6 Å². The Morgan fingerprint density at radius 3 is 3.00 bits per heavy atom. The van der Waals surface area contributed by atoms with Gasteiger partial charge in [-0.05, 0) is 28.1 Å². The van der Waals surface area contributed by atoms with E-state index < -0.39 is 0 Å². The summed E-state index contributed by atoms with van der Waals surface area (Å²) in [6, 6.07) is 9.49. The van der Waals surface area contributed by atoms with Gasteiger partial charge in [0.2, 0.25) is 0 Å². The van der Waals surface area contributed by atoms with Crippen LogP contribution in [-0.4, -0.2) is 17.1 Å². The highest BCUT2D eigenvalue weighted by atomic mass is 79.9. The van der Waals surface area contributed by atoms with Crippen molar-refractivity contribution in [1.29, 1.82) is 0 Å². The molecule has 1 aliphatic heterocycles. The number of ether oxygens (including phenoxy) is 1. The smallest absolute Gasteiger partial charge is 0.268 e. The molecule has 0 fully saturated rings. The zero-order chi connectivity index (χ0) is 13.4. The van der Waals surface area contributed by atoms with Crippen molar-refractivity contribution in [3.63, 3.8) is 0 Å². The molecule has 2 heterocycles. The van der Waals surface area contributed by atoms with Gasteiger partial charge in [0.15, 0.2) is 0 Å². The lowest BCUT2D eigenvalue weighted by atomic mass is 10.1. The number of aryl methyl sites for hydroxylation is 1. The summed E-state index contributed by atoms with van der Waals surface area (Å²) in [4.78, 5) is 12.2. The molecule has 0 saturated carbocycles. The summed E-state index contributed by atoms with van der Waals surface area (Å²) < 4.78 is 8.24. The molecule has 1 atom stereocenters. The molecule has 0 bridgehead atoms. The third-order valence-electron chi connectivity index (χ3n) is 3.21. The van der Waals surface area contributed by atoms with Gasteiger partial charge in [-0.1, -0.05) is 18.2 Å². The van der Waals surface area contributed by atoms with E-state index in [1.54, 1.807) is 10.6 Å². The molecule has 0 aliphatic carbocycles. The van der Waals surface area contributed by atoms with Crippen LogP contribution in [0.2, 0.25) is 0 Å². The van der Waals surface area contributed by atoms with E-state index in [0.29, 0.717) is 12.3 Å². The lowest BCUT2D eigenvalue weighted by molar-refractivity contribution is 0.0922. The Kier molecular flexibility index (Phi) is 3.06. The van der Waals surface area contributed by atoms with Crippen LogP contribution >= 0.6 is 15.9 Å². The summed E-state index contributed by atoms with van der Waals surface area (Å²) in [6.07, 6.45) is 1.86. The maximum Gasteiger partial charge on any atom is 0.268 e. The number of rotatable bonds is 2. The fourth-order valence-electron chi connectivity index (χ4n) is 2.26. The maximum absolute atomic E-state index is 12.2. The minimum Gasteiger partial charge on any atom is -0.491 e. The standard InChI is InChI=1S/C14H13BrN2O2/c1-17-7-9(15)6-12(17)14(18)16-11-8-19-13-5-3-2-4-10(11)13/h2-7,11H,8H2,1H3,(H,16,18). The molecular weight excluding hydrogens is 308 g/mol. The summed E-state index contributed by atoms with van der Waals surface area (Å²) in [6.45, 7) is 0.483. The highest BCUT2D eigenvalue weighted by molar-refractivity contribution is 9.10. The number of fused-ring (bicyclic) bond motifs is 1. The van der Waals surface area contributed by atoms with E-state index in [0.717, 1.165) is 15.8 Å². The third kappa shape index (κ3) is 2.26. The van der Waals surface area contributed by atoms with Crippen LogP contribution in [0.25, 0.3) is 0 Å². The molecule has 1 N–H and O–H groups in total. The number of carbonyl (C=O) groups excluding carboxylic acids is 1. The molecular formula is C14H13BrN2O2. The fraction of sp³-hybridized carbons (Fsp3) is 0.214. The highest BCUT2D eigenvalue weighted by Gasteiger charge is 2.26. The molecule has 1 aliphatic rings.